The Kier molecular flexibility index (Phi) is 7.57. The summed E-state index contributed by atoms with van der Waals surface area (Å²) in [6, 6.07) is 14.8. The second kappa shape index (κ2) is 9.94. The van der Waals surface area contributed by atoms with E-state index in [0.29, 0.717) is 48.1 Å². The number of sulfonamides is 1. The molecule has 1 aliphatic rings. The van der Waals surface area contributed by atoms with Crippen molar-refractivity contribution < 1.29 is 13.2 Å². The molecule has 2 aromatic carbocycles. The molecule has 0 atom stereocenters. The average Bonchev–Trinajstić information content (AvgIpc) is 2.71. The van der Waals surface area contributed by atoms with E-state index in [9.17, 15) is 13.2 Å². The zero-order valence-corrected chi connectivity index (χ0v) is 18.3. The van der Waals surface area contributed by atoms with Gasteiger partial charge in [0.2, 0.25) is 15.9 Å². The molecule has 2 aromatic rings. The van der Waals surface area contributed by atoms with Crippen LogP contribution in [0.3, 0.4) is 0 Å². The van der Waals surface area contributed by atoms with E-state index >= 15 is 0 Å². The van der Waals surface area contributed by atoms with Crippen molar-refractivity contribution in [3.05, 3.63) is 69.7 Å². The summed E-state index contributed by atoms with van der Waals surface area (Å²) in [4.78, 5) is 12.4. The largest absolute Gasteiger partial charge is 0.356 e. The van der Waals surface area contributed by atoms with E-state index in [1.807, 2.05) is 30.3 Å². The van der Waals surface area contributed by atoms with Gasteiger partial charge in [-0.2, -0.15) is 0 Å². The molecule has 0 aromatic heterocycles. The van der Waals surface area contributed by atoms with Gasteiger partial charge in [-0.1, -0.05) is 59.6 Å². The Bertz CT molecular complexity index is 944. The number of piperidine rings is 1. The van der Waals surface area contributed by atoms with E-state index in [0.717, 1.165) is 6.42 Å². The predicted octanol–water partition coefficient (Wildman–Crippen LogP) is 3.89. The molecular formula is C21H24Cl2N2O3S. The van der Waals surface area contributed by atoms with Crippen LogP contribution in [-0.4, -0.2) is 38.3 Å². The minimum atomic E-state index is -3.47. The number of carbonyl (C=O) groups excluding carboxylic acids is 1. The molecule has 156 valence electrons. The molecule has 0 bridgehead atoms. The number of nitrogens with one attached hydrogen (secondary N) is 1. The molecule has 3 rings (SSSR count). The molecule has 8 heteroatoms. The van der Waals surface area contributed by atoms with Gasteiger partial charge in [0.1, 0.15) is 0 Å². The molecule has 0 unspecified atom stereocenters. The summed E-state index contributed by atoms with van der Waals surface area (Å²) >= 11 is 11.9. The van der Waals surface area contributed by atoms with E-state index in [1.165, 1.54) is 9.87 Å². The summed E-state index contributed by atoms with van der Waals surface area (Å²) in [5.41, 5.74) is 1.77. The summed E-state index contributed by atoms with van der Waals surface area (Å²) in [5.74, 6) is -0.276. The Labute approximate surface area is 182 Å². The molecule has 1 amide bonds. The van der Waals surface area contributed by atoms with Crippen molar-refractivity contribution in [1.82, 2.24) is 9.62 Å². The number of nitrogens with zero attached hydrogens (tertiary/aromatic N) is 1. The third-order valence-corrected chi connectivity index (χ3v) is 7.70. The van der Waals surface area contributed by atoms with Crippen molar-refractivity contribution in [2.45, 2.75) is 25.0 Å². The lowest BCUT2D eigenvalue weighted by Gasteiger charge is -2.30. The van der Waals surface area contributed by atoms with Crippen molar-refractivity contribution in [3.63, 3.8) is 0 Å². The summed E-state index contributed by atoms with van der Waals surface area (Å²) in [5, 5.41) is 3.71. The maximum absolute atomic E-state index is 12.7. The Morgan fingerprint density at radius 2 is 1.69 bits per heavy atom. The van der Waals surface area contributed by atoms with Crippen LogP contribution in [0.4, 0.5) is 0 Å². The van der Waals surface area contributed by atoms with Gasteiger partial charge in [-0.05, 0) is 42.5 Å². The Hall–Kier alpha value is -1.60. The highest BCUT2D eigenvalue weighted by atomic mass is 35.5. The number of halogens is 2. The Morgan fingerprint density at radius 3 is 2.34 bits per heavy atom. The zero-order chi connectivity index (χ0) is 20.9. The first-order valence-corrected chi connectivity index (χ1v) is 11.9. The molecule has 0 spiro atoms. The average molecular weight is 455 g/mol. The fraction of sp³-hybridized carbons (Fsp3) is 0.381. The lowest BCUT2D eigenvalue weighted by Crippen LogP contribution is -2.43. The number of hydrogen-bond acceptors (Lipinski definition) is 3. The molecule has 1 heterocycles. The van der Waals surface area contributed by atoms with Crippen LogP contribution in [0.15, 0.2) is 48.5 Å². The van der Waals surface area contributed by atoms with Crippen molar-refractivity contribution in [3.8, 4) is 0 Å². The van der Waals surface area contributed by atoms with Crippen LogP contribution in [0.2, 0.25) is 10.0 Å². The molecule has 5 nitrogen and oxygen atoms in total. The zero-order valence-electron chi connectivity index (χ0n) is 16.0. The normalized spacial score (nSPS) is 15.9. The van der Waals surface area contributed by atoms with Gasteiger partial charge in [-0.15, -0.1) is 0 Å². The molecular weight excluding hydrogens is 431 g/mol. The molecule has 0 saturated carbocycles. The predicted molar refractivity (Wildman–Crippen MR) is 117 cm³/mol. The topological polar surface area (TPSA) is 66.5 Å². The third-order valence-electron chi connectivity index (χ3n) is 5.11. The summed E-state index contributed by atoms with van der Waals surface area (Å²) < 4.78 is 26.9. The van der Waals surface area contributed by atoms with Crippen molar-refractivity contribution in [1.29, 1.82) is 0 Å². The van der Waals surface area contributed by atoms with Gasteiger partial charge in [0, 0.05) is 25.6 Å². The lowest BCUT2D eigenvalue weighted by atomic mass is 9.97. The first-order valence-electron chi connectivity index (χ1n) is 9.58. The minimum absolute atomic E-state index is 0.00228. The molecule has 29 heavy (non-hydrogen) atoms. The van der Waals surface area contributed by atoms with Crippen LogP contribution in [0.5, 0.6) is 0 Å². The smallest absolute Gasteiger partial charge is 0.223 e. The number of hydrogen-bond donors (Lipinski definition) is 1. The number of amides is 1. The van der Waals surface area contributed by atoms with Gasteiger partial charge in [0.15, 0.2) is 0 Å². The maximum atomic E-state index is 12.7. The Balaban J connectivity index is 1.47. The highest BCUT2D eigenvalue weighted by Gasteiger charge is 2.31. The molecule has 1 fully saturated rings. The van der Waals surface area contributed by atoms with Crippen LogP contribution in [0.25, 0.3) is 0 Å². The van der Waals surface area contributed by atoms with E-state index in [1.54, 1.807) is 18.2 Å². The first-order chi connectivity index (χ1) is 13.8. The van der Waals surface area contributed by atoms with Crippen LogP contribution >= 0.6 is 23.2 Å². The highest BCUT2D eigenvalue weighted by Crippen LogP contribution is 2.26. The second-order valence-electron chi connectivity index (χ2n) is 7.20. The molecule has 0 radical (unpaired) electrons. The van der Waals surface area contributed by atoms with Crippen LogP contribution in [0.1, 0.15) is 24.0 Å². The molecule has 1 N–H and O–H groups in total. The monoisotopic (exact) mass is 454 g/mol. The summed E-state index contributed by atoms with van der Waals surface area (Å²) in [7, 11) is -3.47. The van der Waals surface area contributed by atoms with E-state index in [-0.39, 0.29) is 17.6 Å². The van der Waals surface area contributed by atoms with Gasteiger partial charge in [0.25, 0.3) is 0 Å². The number of benzene rings is 2. The second-order valence-corrected chi connectivity index (χ2v) is 9.99. The van der Waals surface area contributed by atoms with Crippen molar-refractivity contribution in [2.75, 3.05) is 19.6 Å². The summed E-state index contributed by atoms with van der Waals surface area (Å²) in [6.45, 7) is 1.28. The van der Waals surface area contributed by atoms with Crippen molar-refractivity contribution in [2.24, 2.45) is 5.92 Å². The minimum Gasteiger partial charge on any atom is -0.356 e. The SMILES string of the molecule is O=C(NCCc1ccccc1)C1CCN(S(=O)(=O)Cc2ccc(Cl)c(Cl)c2)CC1. The first kappa shape index (κ1) is 22.1. The lowest BCUT2D eigenvalue weighted by molar-refractivity contribution is -0.126. The molecule has 1 aliphatic heterocycles. The quantitative estimate of drug-likeness (QED) is 0.689. The van der Waals surface area contributed by atoms with E-state index < -0.39 is 10.0 Å². The molecule has 1 saturated heterocycles. The summed E-state index contributed by atoms with van der Waals surface area (Å²) in [6.07, 6.45) is 1.83. The third kappa shape index (κ3) is 6.19. The van der Waals surface area contributed by atoms with Crippen molar-refractivity contribution >= 4 is 39.1 Å². The van der Waals surface area contributed by atoms with Gasteiger partial charge in [0.05, 0.1) is 15.8 Å². The van der Waals surface area contributed by atoms with Crippen LogP contribution in [0, 0.1) is 5.92 Å². The molecule has 0 aliphatic carbocycles. The Morgan fingerprint density at radius 1 is 1.00 bits per heavy atom. The number of rotatable bonds is 7. The van der Waals surface area contributed by atoms with Gasteiger partial charge >= 0.3 is 0 Å². The van der Waals surface area contributed by atoms with Gasteiger partial charge < -0.3 is 5.32 Å². The fourth-order valence-corrected chi connectivity index (χ4v) is 5.32. The van der Waals surface area contributed by atoms with E-state index in [2.05, 4.69) is 5.32 Å². The van der Waals surface area contributed by atoms with E-state index in [4.69, 9.17) is 23.2 Å². The maximum Gasteiger partial charge on any atom is 0.223 e. The van der Waals surface area contributed by atoms with Gasteiger partial charge in [-0.3, -0.25) is 4.79 Å². The van der Waals surface area contributed by atoms with Crippen LogP contribution < -0.4 is 5.32 Å². The van der Waals surface area contributed by atoms with Crippen LogP contribution in [-0.2, 0) is 27.0 Å². The highest BCUT2D eigenvalue weighted by molar-refractivity contribution is 7.88. The van der Waals surface area contributed by atoms with Gasteiger partial charge in [-0.25, -0.2) is 12.7 Å². The standard InChI is InChI=1S/C21H24Cl2N2O3S/c22-19-7-6-17(14-20(19)23)15-29(27,28)25-12-9-18(10-13-25)21(26)24-11-8-16-4-2-1-3-5-16/h1-7,14,18H,8-13,15H2,(H,24,26). The fourth-order valence-electron chi connectivity index (χ4n) is 3.45. The number of carbonyl (C=O) groups is 1.